The Kier molecular flexibility index (Phi) is 5.85. The van der Waals surface area contributed by atoms with E-state index in [1.54, 1.807) is 18.2 Å². The van der Waals surface area contributed by atoms with Gasteiger partial charge in [0, 0.05) is 0 Å². The predicted molar refractivity (Wildman–Crippen MR) is 70.6 cm³/mol. The summed E-state index contributed by atoms with van der Waals surface area (Å²) >= 11 is 0. The van der Waals surface area contributed by atoms with Gasteiger partial charge in [-0.1, -0.05) is 26.0 Å². The Labute approximate surface area is 112 Å². The van der Waals surface area contributed by atoms with Gasteiger partial charge in [0.15, 0.2) is 5.76 Å². The van der Waals surface area contributed by atoms with E-state index in [1.165, 1.54) is 12.3 Å². The largest absolute Gasteiger partial charge is 0.460 e. The summed E-state index contributed by atoms with van der Waals surface area (Å²) in [5, 5.41) is 2.61. The topological polar surface area (TPSA) is 68.5 Å². The molecule has 19 heavy (non-hydrogen) atoms. The molecule has 5 heteroatoms. The number of hydrogen-bond acceptors (Lipinski definition) is 4. The number of ether oxygens (including phenoxy) is 1. The van der Waals surface area contributed by atoms with Crippen LogP contribution >= 0.6 is 0 Å². The number of allylic oxidation sites excluding steroid dienone is 1. The monoisotopic (exact) mass is 265 g/mol. The molecule has 0 unspecified atom stereocenters. The molecule has 0 aliphatic rings. The van der Waals surface area contributed by atoms with Gasteiger partial charge in [-0.2, -0.15) is 0 Å². The number of hydrogen-bond donors (Lipinski definition) is 1. The van der Waals surface area contributed by atoms with Gasteiger partial charge in [0.25, 0.3) is 5.91 Å². The summed E-state index contributed by atoms with van der Waals surface area (Å²) < 4.78 is 10.0. The zero-order chi connectivity index (χ0) is 14.3. The summed E-state index contributed by atoms with van der Waals surface area (Å²) in [5.74, 6) is -0.774. The lowest BCUT2D eigenvalue weighted by Gasteiger charge is -2.19. The minimum atomic E-state index is -0.692. The quantitative estimate of drug-likeness (QED) is 0.632. The Morgan fingerprint density at radius 2 is 2.21 bits per heavy atom. The summed E-state index contributed by atoms with van der Waals surface area (Å²) in [6.07, 6.45) is 4.92. The van der Waals surface area contributed by atoms with Crippen molar-refractivity contribution in [2.75, 3.05) is 6.61 Å². The van der Waals surface area contributed by atoms with E-state index in [2.05, 4.69) is 5.32 Å². The average Bonchev–Trinajstić information content (AvgIpc) is 2.89. The fourth-order valence-corrected chi connectivity index (χ4v) is 1.43. The molecule has 1 atom stereocenters. The Hall–Kier alpha value is -2.04. The molecule has 0 aromatic carbocycles. The van der Waals surface area contributed by atoms with Crippen molar-refractivity contribution in [3.05, 3.63) is 36.3 Å². The maximum absolute atomic E-state index is 11.9. The zero-order valence-corrected chi connectivity index (χ0v) is 11.4. The number of furan rings is 1. The van der Waals surface area contributed by atoms with Crippen molar-refractivity contribution < 1.29 is 18.7 Å². The van der Waals surface area contributed by atoms with E-state index in [4.69, 9.17) is 9.15 Å². The second kappa shape index (κ2) is 7.41. The highest BCUT2D eigenvalue weighted by atomic mass is 16.5. The van der Waals surface area contributed by atoms with Crippen molar-refractivity contribution in [2.45, 2.75) is 26.8 Å². The standard InChI is InChI=1S/C14H19NO4/c1-4-5-8-19-14(17)12(10(2)3)15-13(16)11-7-6-9-18-11/h4-7,9-10,12H,8H2,1-3H3,(H,15,16)/b5-4+/t12-/m0/s1. The summed E-state index contributed by atoms with van der Waals surface area (Å²) in [4.78, 5) is 23.7. The minimum Gasteiger partial charge on any atom is -0.460 e. The van der Waals surface area contributed by atoms with Crippen molar-refractivity contribution >= 4 is 11.9 Å². The molecule has 104 valence electrons. The molecule has 0 fully saturated rings. The van der Waals surface area contributed by atoms with Gasteiger partial charge in [0.1, 0.15) is 12.6 Å². The average molecular weight is 265 g/mol. The number of rotatable bonds is 6. The van der Waals surface area contributed by atoms with Crippen LogP contribution in [0.15, 0.2) is 35.0 Å². The lowest BCUT2D eigenvalue weighted by Crippen LogP contribution is -2.45. The SMILES string of the molecule is C/C=C/COC(=O)[C@@H](NC(=O)c1ccco1)C(C)C. The number of nitrogens with one attached hydrogen (secondary N) is 1. The fraction of sp³-hybridized carbons (Fsp3) is 0.429. The molecule has 1 rings (SSSR count). The summed E-state index contributed by atoms with van der Waals surface area (Å²) in [6, 6.07) is 2.46. The third-order valence-corrected chi connectivity index (χ3v) is 2.51. The van der Waals surface area contributed by atoms with E-state index in [9.17, 15) is 9.59 Å². The number of esters is 1. The Morgan fingerprint density at radius 3 is 2.74 bits per heavy atom. The van der Waals surface area contributed by atoms with Crippen LogP contribution in [0.2, 0.25) is 0 Å². The molecule has 0 saturated heterocycles. The van der Waals surface area contributed by atoms with Crippen LogP contribution in [0.5, 0.6) is 0 Å². The molecule has 0 aliphatic heterocycles. The highest BCUT2D eigenvalue weighted by Gasteiger charge is 2.26. The second-order valence-corrected chi connectivity index (χ2v) is 4.37. The number of amides is 1. The molecule has 1 amide bonds. The van der Waals surface area contributed by atoms with E-state index in [0.29, 0.717) is 0 Å². The maximum Gasteiger partial charge on any atom is 0.329 e. The van der Waals surface area contributed by atoms with Crippen molar-refractivity contribution in [1.29, 1.82) is 0 Å². The molecule has 1 heterocycles. The van der Waals surface area contributed by atoms with Crippen LogP contribution in [-0.4, -0.2) is 24.5 Å². The highest BCUT2D eigenvalue weighted by Crippen LogP contribution is 2.07. The van der Waals surface area contributed by atoms with Crippen LogP contribution < -0.4 is 5.32 Å². The first-order chi connectivity index (χ1) is 9.06. The molecule has 1 aromatic heterocycles. The third-order valence-electron chi connectivity index (χ3n) is 2.51. The van der Waals surface area contributed by atoms with Gasteiger partial charge >= 0.3 is 5.97 Å². The molecule has 0 saturated carbocycles. The van der Waals surface area contributed by atoms with E-state index < -0.39 is 17.9 Å². The van der Waals surface area contributed by atoms with Crippen molar-refractivity contribution in [1.82, 2.24) is 5.32 Å². The highest BCUT2D eigenvalue weighted by molar-refractivity contribution is 5.94. The summed E-state index contributed by atoms with van der Waals surface area (Å²) in [5.41, 5.74) is 0. The van der Waals surface area contributed by atoms with Crippen molar-refractivity contribution in [3.8, 4) is 0 Å². The lowest BCUT2D eigenvalue weighted by molar-refractivity contribution is -0.145. The summed E-state index contributed by atoms with van der Waals surface area (Å²) in [7, 11) is 0. The first kappa shape index (κ1) is 15.0. The van der Waals surface area contributed by atoms with Gasteiger partial charge in [0.05, 0.1) is 6.26 Å². The maximum atomic E-state index is 11.9. The van der Waals surface area contributed by atoms with Gasteiger partial charge in [0.2, 0.25) is 0 Å². The number of carbonyl (C=O) groups is 2. The van der Waals surface area contributed by atoms with Crippen LogP contribution in [0.3, 0.4) is 0 Å². The van der Waals surface area contributed by atoms with Gasteiger partial charge in [-0.25, -0.2) is 4.79 Å². The number of carbonyl (C=O) groups excluding carboxylic acids is 2. The Bertz CT molecular complexity index is 434. The lowest BCUT2D eigenvalue weighted by atomic mass is 10.0. The van der Waals surface area contributed by atoms with E-state index >= 15 is 0 Å². The van der Waals surface area contributed by atoms with Crippen LogP contribution in [0.25, 0.3) is 0 Å². The Morgan fingerprint density at radius 1 is 1.47 bits per heavy atom. The van der Waals surface area contributed by atoms with Crippen LogP contribution in [0.4, 0.5) is 0 Å². The molecule has 0 aliphatic carbocycles. The van der Waals surface area contributed by atoms with Gasteiger partial charge < -0.3 is 14.5 Å². The van der Waals surface area contributed by atoms with Crippen LogP contribution in [0, 0.1) is 5.92 Å². The smallest absolute Gasteiger partial charge is 0.329 e. The predicted octanol–water partition coefficient (Wildman–Crippen LogP) is 2.15. The first-order valence-electron chi connectivity index (χ1n) is 6.18. The van der Waals surface area contributed by atoms with E-state index in [-0.39, 0.29) is 18.3 Å². The Balaban J connectivity index is 2.62. The molecule has 1 aromatic rings. The summed E-state index contributed by atoms with van der Waals surface area (Å²) in [6.45, 7) is 5.72. The third kappa shape index (κ3) is 4.62. The van der Waals surface area contributed by atoms with Crippen LogP contribution in [0.1, 0.15) is 31.3 Å². The molecule has 5 nitrogen and oxygen atoms in total. The van der Waals surface area contributed by atoms with Gasteiger partial charge in [-0.3, -0.25) is 4.79 Å². The van der Waals surface area contributed by atoms with E-state index in [0.717, 1.165) is 0 Å². The fourth-order valence-electron chi connectivity index (χ4n) is 1.43. The van der Waals surface area contributed by atoms with Crippen molar-refractivity contribution in [2.24, 2.45) is 5.92 Å². The minimum absolute atomic E-state index is 0.0722. The van der Waals surface area contributed by atoms with Crippen molar-refractivity contribution in [3.63, 3.8) is 0 Å². The molecule has 0 bridgehead atoms. The molecule has 1 N–H and O–H groups in total. The normalized spacial score (nSPS) is 12.6. The van der Waals surface area contributed by atoms with Crippen LogP contribution in [-0.2, 0) is 9.53 Å². The van der Waals surface area contributed by atoms with E-state index in [1.807, 2.05) is 20.8 Å². The molecular formula is C14H19NO4. The van der Waals surface area contributed by atoms with Gasteiger partial charge in [-0.05, 0) is 25.0 Å². The first-order valence-corrected chi connectivity index (χ1v) is 6.18. The zero-order valence-electron chi connectivity index (χ0n) is 11.4. The molecule has 0 spiro atoms. The second-order valence-electron chi connectivity index (χ2n) is 4.37. The molecular weight excluding hydrogens is 246 g/mol. The molecule has 0 radical (unpaired) electrons. The van der Waals surface area contributed by atoms with Gasteiger partial charge in [-0.15, -0.1) is 0 Å².